The summed E-state index contributed by atoms with van der Waals surface area (Å²) in [5.74, 6) is 2.45. The molecule has 3 aromatic rings. The first kappa shape index (κ1) is 17.5. The van der Waals surface area contributed by atoms with Crippen LogP contribution in [0.2, 0.25) is 0 Å². The van der Waals surface area contributed by atoms with Crippen LogP contribution in [-0.2, 0) is 6.54 Å². The van der Waals surface area contributed by atoms with Gasteiger partial charge in [0.2, 0.25) is 0 Å². The van der Waals surface area contributed by atoms with Crippen molar-refractivity contribution in [1.82, 2.24) is 14.9 Å². The molecular weight excluding hydrogens is 346 g/mol. The second-order valence-electron chi connectivity index (χ2n) is 8.66. The number of fused-ring (bicyclic) bond motifs is 3. The van der Waals surface area contributed by atoms with Gasteiger partial charge in [-0.2, -0.15) is 0 Å². The predicted octanol–water partition coefficient (Wildman–Crippen LogP) is 4.64. The molecule has 0 spiro atoms. The van der Waals surface area contributed by atoms with Gasteiger partial charge >= 0.3 is 0 Å². The molecule has 4 nitrogen and oxygen atoms in total. The first-order chi connectivity index (χ1) is 13.7. The van der Waals surface area contributed by atoms with E-state index in [1.54, 1.807) is 0 Å². The Balaban J connectivity index is 1.24. The van der Waals surface area contributed by atoms with E-state index in [4.69, 9.17) is 0 Å². The fourth-order valence-corrected chi connectivity index (χ4v) is 5.40. The number of imidazole rings is 1. The number of hydrogen-bond donors (Lipinski definition) is 1. The van der Waals surface area contributed by atoms with Crippen molar-refractivity contribution in [3.8, 4) is 0 Å². The van der Waals surface area contributed by atoms with Crippen molar-refractivity contribution in [3.05, 3.63) is 66.0 Å². The highest BCUT2D eigenvalue weighted by Crippen LogP contribution is 2.49. The van der Waals surface area contributed by atoms with E-state index in [9.17, 15) is 4.79 Å². The van der Waals surface area contributed by atoms with Gasteiger partial charge in [0.1, 0.15) is 0 Å². The van der Waals surface area contributed by atoms with Gasteiger partial charge in [-0.15, -0.1) is 0 Å². The molecule has 2 bridgehead atoms. The zero-order valence-electron chi connectivity index (χ0n) is 16.3. The Labute approximate surface area is 166 Å². The molecule has 2 saturated carbocycles. The highest BCUT2D eigenvalue weighted by atomic mass is 16.1. The summed E-state index contributed by atoms with van der Waals surface area (Å²) in [5.41, 5.74) is 4.05. The van der Waals surface area contributed by atoms with Gasteiger partial charge in [-0.3, -0.25) is 4.79 Å². The van der Waals surface area contributed by atoms with Crippen LogP contribution >= 0.6 is 0 Å². The lowest BCUT2D eigenvalue weighted by molar-refractivity contribution is 0.0915. The summed E-state index contributed by atoms with van der Waals surface area (Å²) in [7, 11) is 0. The summed E-state index contributed by atoms with van der Waals surface area (Å²) in [6, 6.07) is 16.4. The van der Waals surface area contributed by atoms with Gasteiger partial charge in [-0.1, -0.05) is 30.7 Å². The normalized spacial score (nSPS) is 24.5. The Hall–Kier alpha value is -2.62. The van der Waals surface area contributed by atoms with Crippen LogP contribution in [-0.4, -0.2) is 21.5 Å². The molecule has 0 saturated heterocycles. The van der Waals surface area contributed by atoms with E-state index < -0.39 is 0 Å². The molecule has 2 aromatic carbocycles. The SMILES string of the molecule is CC(NC(=O)c1ccc(Cn2cnc3ccccc32)cc1)C1CC2CCC1C2. The van der Waals surface area contributed by atoms with Crippen LogP contribution in [0.4, 0.5) is 0 Å². The van der Waals surface area contributed by atoms with Crippen molar-refractivity contribution in [2.75, 3.05) is 0 Å². The van der Waals surface area contributed by atoms with Gasteiger partial charge < -0.3 is 9.88 Å². The Kier molecular flexibility index (Phi) is 4.42. The first-order valence-corrected chi connectivity index (χ1v) is 10.5. The zero-order chi connectivity index (χ0) is 19.1. The van der Waals surface area contributed by atoms with Gasteiger partial charge in [-0.05, 0) is 73.8 Å². The van der Waals surface area contributed by atoms with Crippen LogP contribution in [0.25, 0.3) is 11.0 Å². The second-order valence-corrected chi connectivity index (χ2v) is 8.66. The summed E-state index contributed by atoms with van der Waals surface area (Å²) in [6.45, 7) is 2.94. The van der Waals surface area contributed by atoms with Crippen LogP contribution in [0.3, 0.4) is 0 Å². The standard InChI is InChI=1S/C24H27N3O/c1-16(21-13-18-8-11-20(21)12-18)26-24(28)19-9-6-17(7-10-19)14-27-15-25-22-4-2-3-5-23(22)27/h2-7,9-10,15-16,18,20-21H,8,11-14H2,1H3,(H,26,28). The summed E-state index contributed by atoms with van der Waals surface area (Å²) < 4.78 is 2.14. The molecule has 144 valence electrons. The second kappa shape index (κ2) is 7.08. The molecule has 1 N–H and O–H groups in total. The lowest BCUT2D eigenvalue weighted by Crippen LogP contribution is -2.40. The number of rotatable bonds is 5. The lowest BCUT2D eigenvalue weighted by atomic mass is 9.84. The number of amides is 1. The monoisotopic (exact) mass is 373 g/mol. The quantitative estimate of drug-likeness (QED) is 0.708. The number of hydrogen-bond acceptors (Lipinski definition) is 2. The largest absolute Gasteiger partial charge is 0.349 e. The van der Waals surface area contributed by atoms with Crippen LogP contribution in [0.5, 0.6) is 0 Å². The van der Waals surface area contributed by atoms with Gasteiger partial charge in [-0.25, -0.2) is 4.98 Å². The van der Waals surface area contributed by atoms with Crippen molar-refractivity contribution in [1.29, 1.82) is 0 Å². The van der Waals surface area contributed by atoms with Gasteiger partial charge in [0, 0.05) is 18.2 Å². The average Bonchev–Trinajstić information content (AvgIpc) is 3.45. The van der Waals surface area contributed by atoms with Gasteiger partial charge in [0.25, 0.3) is 5.91 Å². The molecular formula is C24H27N3O. The van der Waals surface area contributed by atoms with E-state index in [-0.39, 0.29) is 11.9 Å². The lowest BCUT2D eigenvalue weighted by Gasteiger charge is -2.28. The Morgan fingerprint density at radius 1 is 1.14 bits per heavy atom. The topological polar surface area (TPSA) is 46.9 Å². The summed E-state index contributed by atoms with van der Waals surface area (Å²) in [4.78, 5) is 17.1. The number of nitrogens with zero attached hydrogens (tertiary/aromatic N) is 2. The van der Waals surface area contributed by atoms with Gasteiger partial charge in [0.05, 0.1) is 17.4 Å². The van der Waals surface area contributed by atoms with Crippen LogP contribution in [0, 0.1) is 17.8 Å². The Morgan fingerprint density at radius 3 is 2.71 bits per heavy atom. The Morgan fingerprint density at radius 2 is 1.96 bits per heavy atom. The van der Waals surface area contributed by atoms with E-state index in [0.717, 1.165) is 35.0 Å². The molecule has 1 heterocycles. The van der Waals surface area contributed by atoms with Crippen LogP contribution in [0.1, 0.15) is 48.5 Å². The minimum Gasteiger partial charge on any atom is -0.349 e. The fraction of sp³-hybridized carbons (Fsp3) is 0.417. The third-order valence-corrected chi connectivity index (χ3v) is 6.89. The van der Waals surface area contributed by atoms with Gasteiger partial charge in [0.15, 0.2) is 0 Å². The molecule has 0 radical (unpaired) electrons. The number of aromatic nitrogens is 2. The Bertz CT molecular complexity index is 991. The first-order valence-electron chi connectivity index (χ1n) is 10.5. The number of carbonyl (C=O) groups excluding carboxylic acids is 1. The molecule has 5 rings (SSSR count). The van der Waals surface area contributed by atoms with E-state index in [1.807, 2.05) is 48.8 Å². The van der Waals surface area contributed by atoms with Crippen molar-refractivity contribution < 1.29 is 4.79 Å². The summed E-state index contributed by atoms with van der Waals surface area (Å²) in [5, 5.41) is 3.26. The third-order valence-electron chi connectivity index (χ3n) is 6.89. The number of carbonyl (C=O) groups is 1. The predicted molar refractivity (Wildman–Crippen MR) is 111 cm³/mol. The average molecular weight is 374 g/mol. The molecule has 4 heteroatoms. The van der Waals surface area contributed by atoms with Crippen LogP contribution < -0.4 is 5.32 Å². The summed E-state index contributed by atoms with van der Waals surface area (Å²) in [6.07, 6.45) is 7.30. The van der Waals surface area contributed by atoms with E-state index in [0.29, 0.717) is 5.92 Å². The molecule has 4 unspecified atom stereocenters. The summed E-state index contributed by atoms with van der Waals surface area (Å²) >= 11 is 0. The molecule has 0 aliphatic heterocycles. The molecule has 28 heavy (non-hydrogen) atoms. The third kappa shape index (κ3) is 3.21. The number of para-hydroxylation sites is 2. The molecule has 2 fully saturated rings. The fourth-order valence-electron chi connectivity index (χ4n) is 5.40. The van der Waals surface area contributed by atoms with Crippen molar-refractivity contribution in [2.24, 2.45) is 17.8 Å². The molecule has 2 aliphatic carbocycles. The zero-order valence-corrected chi connectivity index (χ0v) is 16.3. The van der Waals surface area contributed by atoms with Crippen LogP contribution in [0.15, 0.2) is 54.9 Å². The highest BCUT2D eigenvalue weighted by molar-refractivity contribution is 5.94. The highest BCUT2D eigenvalue weighted by Gasteiger charge is 2.42. The maximum Gasteiger partial charge on any atom is 0.251 e. The van der Waals surface area contributed by atoms with E-state index in [2.05, 4.69) is 27.9 Å². The van der Waals surface area contributed by atoms with Crippen molar-refractivity contribution in [3.63, 3.8) is 0 Å². The molecule has 2 aliphatic rings. The van der Waals surface area contributed by atoms with E-state index >= 15 is 0 Å². The van der Waals surface area contributed by atoms with Crippen molar-refractivity contribution in [2.45, 2.75) is 45.2 Å². The molecule has 1 amide bonds. The molecule has 1 aromatic heterocycles. The smallest absolute Gasteiger partial charge is 0.251 e. The number of benzene rings is 2. The maximum atomic E-state index is 12.7. The maximum absolute atomic E-state index is 12.7. The van der Waals surface area contributed by atoms with Crippen molar-refractivity contribution >= 4 is 16.9 Å². The minimum absolute atomic E-state index is 0.0508. The minimum atomic E-state index is 0.0508. The number of nitrogens with one attached hydrogen (secondary N) is 1. The molecule has 4 atom stereocenters. The van der Waals surface area contributed by atoms with E-state index in [1.165, 1.54) is 31.2 Å².